The van der Waals surface area contributed by atoms with E-state index in [9.17, 15) is 19.5 Å². The van der Waals surface area contributed by atoms with Crippen LogP contribution in [0.2, 0.25) is 5.02 Å². The van der Waals surface area contributed by atoms with Gasteiger partial charge in [0.05, 0.1) is 5.39 Å². The molecule has 0 aliphatic heterocycles. The van der Waals surface area contributed by atoms with Gasteiger partial charge in [0.25, 0.3) is 5.91 Å². The molecule has 0 unspecified atom stereocenters. The lowest BCUT2D eigenvalue weighted by molar-refractivity contribution is -0.135. The fourth-order valence-corrected chi connectivity index (χ4v) is 2.78. The largest absolute Gasteiger partial charge is 0.506 e. The number of amides is 1. The van der Waals surface area contributed by atoms with E-state index in [1.807, 2.05) is 5.32 Å². The van der Waals surface area contributed by atoms with Crippen molar-refractivity contribution in [1.82, 2.24) is 5.32 Å². The summed E-state index contributed by atoms with van der Waals surface area (Å²) in [5.74, 6) is -2.92. The predicted molar refractivity (Wildman–Crippen MR) is 94.6 cm³/mol. The molecule has 0 fully saturated rings. The molecule has 1 aromatic heterocycles. The van der Waals surface area contributed by atoms with Crippen LogP contribution >= 0.6 is 11.6 Å². The van der Waals surface area contributed by atoms with E-state index in [4.69, 9.17) is 21.1 Å². The van der Waals surface area contributed by atoms with E-state index in [0.29, 0.717) is 16.1 Å². The topological polar surface area (TPSA) is 117 Å². The first kappa shape index (κ1) is 17.5. The molecule has 1 amide bonds. The van der Waals surface area contributed by atoms with Crippen LogP contribution in [0.4, 0.5) is 0 Å². The van der Waals surface area contributed by atoms with E-state index >= 15 is 0 Å². The Morgan fingerprint density at radius 1 is 1.08 bits per heavy atom. The second kappa shape index (κ2) is 6.89. The zero-order valence-corrected chi connectivity index (χ0v) is 13.9. The van der Waals surface area contributed by atoms with Crippen molar-refractivity contribution in [1.29, 1.82) is 0 Å². The molecule has 8 heteroatoms. The van der Waals surface area contributed by atoms with Gasteiger partial charge in [0, 0.05) is 16.1 Å². The number of para-hydroxylation sites is 1. The quantitative estimate of drug-likeness (QED) is 0.605. The fourth-order valence-electron chi connectivity index (χ4n) is 2.54. The molecule has 0 bridgehead atoms. The maximum atomic E-state index is 12.2. The molecule has 3 rings (SSSR count). The normalized spacial score (nSPS) is 10.7. The number of carbonyl (C=O) groups is 2. The third kappa shape index (κ3) is 3.12. The first-order chi connectivity index (χ1) is 12.4. The third-order valence-electron chi connectivity index (χ3n) is 3.70. The molecule has 0 radical (unpaired) electrons. The Labute approximate surface area is 151 Å². The number of carboxylic acids is 1. The highest BCUT2D eigenvalue weighted by molar-refractivity contribution is 6.33. The molecule has 26 heavy (non-hydrogen) atoms. The van der Waals surface area contributed by atoms with Gasteiger partial charge in [-0.1, -0.05) is 41.9 Å². The van der Waals surface area contributed by atoms with Crippen molar-refractivity contribution >= 4 is 34.4 Å². The Kier molecular flexibility index (Phi) is 4.64. The van der Waals surface area contributed by atoms with Crippen molar-refractivity contribution in [3.05, 3.63) is 63.5 Å². The number of aliphatic carboxylic acids is 1. The summed E-state index contributed by atoms with van der Waals surface area (Å²) >= 11 is 6.19. The van der Waals surface area contributed by atoms with Crippen LogP contribution in [0.1, 0.15) is 10.4 Å². The zero-order valence-electron chi connectivity index (χ0n) is 13.2. The Bertz CT molecular complexity index is 1090. The Morgan fingerprint density at radius 3 is 2.46 bits per heavy atom. The molecule has 0 atom stereocenters. The van der Waals surface area contributed by atoms with Crippen molar-refractivity contribution in [2.24, 2.45) is 0 Å². The van der Waals surface area contributed by atoms with E-state index < -0.39 is 35.4 Å². The molecule has 0 aliphatic carbocycles. The molecule has 1 heterocycles. The molecule has 2 aromatic carbocycles. The van der Waals surface area contributed by atoms with Crippen LogP contribution in [0.5, 0.6) is 5.75 Å². The fraction of sp³-hybridized carbons (Fsp3) is 0.0556. The van der Waals surface area contributed by atoms with Crippen molar-refractivity contribution in [3.63, 3.8) is 0 Å². The standard InChI is InChI=1S/C18H12ClNO6/c19-12-7-2-1-4-9(12)10-5-3-6-11-15(23)14(18(25)26-16(10)11)17(24)20-8-13(21)22/h1-7,23H,8H2,(H,20,24)(H,21,22). The monoisotopic (exact) mass is 373 g/mol. The average molecular weight is 374 g/mol. The van der Waals surface area contributed by atoms with Crippen molar-refractivity contribution in [2.75, 3.05) is 6.54 Å². The Hall–Kier alpha value is -3.32. The summed E-state index contributed by atoms with van der Waals surface area (Å²) in [7, 11) is 0. The molecule has 7 nitrogen and oxygen atoms in total. The number of halogens is 1. The van der Waals surface area contributed by atoms with Gasteiger partial charge >= 0.3 is 11.6 Å². The predicted octanol–water partition coefficient (Wildman–Crippen LogP) is 2.63. The minimum atomic E-state index is -1.29. The van der Waals surface area contributed by atoms with E-state index in [1.165, 1.54) is 6.07 Å². The van der Waals surface area contributed by atoms with Gasteiger partial charge in [-0.3, -0.25) is 9.59 Å². The molecule has 3 aromatic rings. The van der Waals surface area contributed by atoms with E-state index in [1.54, 1.807) is 36.4 Å². The lowest BCUT2D eigenvalue weighted by atomic mass is 10.0. The highest BCUT2D eigenvalue weighted by Crippen LogP contribution is 2.36. The van der Waals surface area contributed by atoms with E-state index in [-0.39, 0.29) is 11.0 Å². The molecule has 3 N–H and O–H groups in total. The summed E-state index contributed by atoms with van der Waals surface area (Å²) in [6, 6.07) is 11.6. The first-order valence-corrected chi connectivity index (χ1v) is 7.81. The lowest BCUT2D eigenvalue weighted by Crippen LogP contribution is -2.32. The molecular formula is C18H12ClNO6. The second-order valence-corrected chi connectivity index (χ2v) is 5.76. The minimum Gasteiger partial charge on any atom is -0.506 e. The molecule has 0 saturated heterocycles. The van der Waals surface area contributed by atoms with Crippen molar-refractivity contribution < 1.29 is 24.2 Å². The summed E-state index contributed by atoms with van der Waals surface area (Å²) in [5.41, 5.74) is -0.617. The van der Waals surface area contributed by atoms with Crippen molar-refractivity contribution in [2.45, 2.75) is 0 Å². The number of aromatic hydroxyl groups is 1. The molecule has 132 valence electrons. The molecule has 0 saturated carbocycles. The van der Waals surface area contributed by atoms with Crippen LogP contribution in [0, 0.1) is 0 Å². The van der Waals surface area contributed by atoms with Crippen LogP contribution in [-0.4, -0.2) is 28.6 Å². The van der Waals surface area contributed by atoms with Gasteiger partial charge in [-0.25, -0.2) is 4.79 Å². The summed E-state index contributed by atoms with van der Waals surface area (Å²) in [6.07, 6.45) is 0. The maximum Gasteiger partial charge on any atom is 0.353 e. The van der Waals surface area contributed by atoms with Crippen LogP contribution in [0.25, 0.3) is 22.1 Å². The number of carbonyl (C=O) groups excluding carboxylic acids is 1. The van der Waals surface area contributed by atoms with Gasteiger partial charge in [0.2, 0.25) is 0 Å². The summed E-state index contributed by atoms with van der Waals surface area (Å²) in [4.78, 5) is 34.8. The van der Waals surface area contributed by atoms with Gasteiger partial charge in [-0.2, -0.15) is 0 Å². The summed E-state index contributed by atoms with van der Waals surface area (Å²) in [5, 5.41) is 21.6. The van der Waals surface area contributed by atoms with Crippen LogP contribution < -0.4 is 10.9 Å². The Morgan fingerprint density at radius 2 is 1.77 bits per heavy atom. The zero-order chi connectivity index (χ0) is 18.8. The van der Waals surface area contributed by atoms with Gasteiger partial charge in [-0.15, -0.1) is 0 Å². The molecule has 0 spiro atoms. The van der Waals surface area contributed by atoms with Crippen LogP contribution in [-0.2, 0) is 4.79 Å². The average Bonchev–Trinajstić information content (AvgIpc) is 2.60. The molecule has 0 aliphatic rings. The second-order valence-electron chi connectivity index (χ2n) is 5.35. The number of nitrogens with one attached hydrogen (secondary N) is 1. The van der Waals surface area contributed by atoms with Crippen LogP contribution in [0.15, 0.2) is 51.7 Å². The van der Waals surface area contributed by atoms with Gasteiger partial charge in [0.1, 0.15) is 17.9 Å². The van der Waals surface area contributed by atoms with Gasteiger partial charge in [-0.05, 0) is 12.1 Å². The minimum absolute atomic E-state index is 0.0675. The number of hydrogen-bond acceptors (Lipinski definition) is 5. The van der Waals surface area contributed by atoms with E-state index in [0.717, 1.165) is 0 Å². The number of fused-ring (bicyclic) bond motifs is 1. The summed E-state index contributed by atoms with van der Waals surface area (Å²) in [6.45, 7) is -0.699. The number of benzene rings is 2. The maximum absolute atomic E-state index is 12.2. The lowest BCUT2D eigenvalue weighted by Gasteiger charge is -2.10. The number of hydrogen-bond donors (Lipinski definition) is 3. The van der Waals surface area contributed by atoms with Gasteiger partial charge < -0.3 is 19.9 Å². The smallest absolute Gasteiger partial charge is 0.353 e. The van der Waals surface area contributed by atoms with Crippen LogP contribution in [0.3, 0.4) is 0 Å². The van der Waals surface area contributed by atoms with Crippen molar-refractivity contribution in [3.8, 4) is 16.9 Å². The molecular weight excluding hydrogens is 362 g/mol. The highest BCUT2D eigenvalue weighted by atomic mass is 35.5. The Balaban J connectivity index is 2.20. The third-order valence-corrected chi connectivity index (χ3v) is 4.03. The van der Waals surface area contributed by atoms with E-state index in [2.05, 4.69) is 0 Å². The number of carboxylic acid groups (broad SMARTS) is 1. The SMILES string of the molecule is O=C(O)CNC(=O)c1c(O)c2cccc(-c3ccccc3Cl)c2oc1=O. The number of rotatable bonds is 4. The van der Waals surface area contributed by atoms with Gasteiger partial charge in [0.15, 0.2) is 5.56 Å². The summed E-state index contributed by atoms with van der Waals surface area (Å²) < 4.78 is 5.26. The first-order valence-electron chi connectivity index (χ1n) is 7.44. The highest BCUT2D eigenvalue weighted by Gasteiger charge is 2.23.